The first-order valence-electron chi connectivity index (χ1n) is 7.55. The van der Waals surface area contributed by atoms with Crippen molar-refractivity contribution in [3.8, 4) is 0 Å². The normalized spacial score (nSPS) is 28.9. The molecule has 2 aliphatic rings. The molecule has 0 heterocycles. The Morgan fingerprint density at radius 2 is 1.53 bits per heavy atom. The van der Waals surface area contributed by atoms with Crippen molar-refractivity contribution in [3.63, 3.8) is 0 Å². The molecule has 2 atom stereocenters. The molecule has 0 amide bonds. The Labute approximate surface area is 107 Å². The van der Waals surface area contributed by atoms with Crippen LogP contribution >= 0.6 is 0 Å². The fourth-order valence-electron chi connectivity index (χ4n) is 3.38. The van der Waals surface area contributed by atoms with Crippen LogP contribution in [0.15, 0.2) is 0 Å². The molecule has 0 aliphatic heterocycles. The Balaban J connectivity index is 0.000000181. The van der Waals surface area contributed by atoms with Gasteiger partial charge in [-0.2, -0.15) is 0 Å². The summed E-state index contributed by atoms with van der Waals surface area (Å²) in [5, 5.41) is 17.8. The van der Waals surface area contributed by atoms with Crippen molar-refractivity contribution in [2.45, 2.75) is 77.5 Å². The van der Waals surface area contributed by atoms with Crippen LogP contribution in [0.3, 0.4) is 0 Å². The third-order valence-corrected chi connectivity index (χ3v) is 4.68. The molecule has 2 aliphatic carbocycles. The van der Waals surface area contributed by atoms with E-state index in [1.165, 1.54) is 44.9 Å². The second-order valence-electron chi connectivity index (χ2n) is 5.74. The smallest absolute Gasteiger partial charge is 0.427 e. The van der Waals surface area contributed by atoms with Crippen molar-refractivity contribution < 1.29 is 10.0 Å². The fourth-order valence-corrected chi connectivity index (χ4v) is 3.38. The molecule has 100 valence electrons. The number of hydrogen-bond donors (Lipinski definition) is 2. The largest absolute Gasteiger partial charge is 0.455 e. The van der Waals surface area contributed by atoms with Gasteiger partial charge < -0.3 is 10.0 Å². The molecule has 2 rings (SSSR count). The molecule has 0 aromatic carbocycles. The maximum atomic E-state index is 8.91. The van der Waals surface area contributed by atoms with Crippen LogP contribution in [0.1, 0.15) is 71.6 Å². The van der Waals surface area contributed by atoms with Gasteiger partial charge in [-0.1, -0.05) is 71.6 Å². The molecule has 0 spiro atoms. The summed E-state index contributed by atoms with van der Waals surface area (Å²) in [5.74, 6) is 1.81. The van der Waals surface area contributed by atoms with E-state index in [0.717, 1.165) is 18.8 Å². The van der Waals surface area contributed by atoms with E-state index in [2.05, 4.69) is 13.8 Å². The van der Waals surface area contributed by atoms with Crippen LogP contribution < -0.4 is 0 Å². The van der Waals surface area contributed by atoms with Gasteiger partial charge in [-0.15, -0.1) is 0 Å². The second kappa shape index (κ2) is 8.15. The van der Waals surface area contributed by atoms with Crippen LogP contribution in [0.25, 0.3) is 0 Å². The summed E-state index contributed by atoms with van der Waals surface area (Å²) in [5.41, 5.74) is 0. The predicted octanol–water partition coefficient (Wildman–Crippen LogP) is 3.63. The monoisotopic (exact) mass is 240 g/mol. The molecule has 17 heavy (non-hydrogen) atoms. The van der Waals surface area contributed by atoms with Crippen LogP contribution in [0.2, 0.25) is 5.82 Å². The van der Waals surface area contributed by atoms with E-state index in [9.17, 15) is 0 Å². The van der Waals surface area contributed by atoms with Crippen LogP contribution in [-0.2, 0) is 0 Å². The quantitative estimate of drug-likeness (QED) is 0.739. The molecule has 3 heteroatoms. The van der Waals surface area contributed by atoms with Crippen LogP contribution in [0.4, 0.5) is 0 Å². The zero-order valence-corrected chi connectivity index (χ0v) is 11.6. The van der Waals surface area contributed by atoms with Gasteiger partial charge in [0.1, 0.15) is 0 Å². The van der Waals surface area contributed by atoms with Gasteiger partial charge in [-0.05, 0) is 17.7 Å². The molecular weight excluding hydrogens is 211 g/mol. The summed E-state index contributed by atoms with van der Waals surface area (Å²) in [6.45, 7) is 4.42. The molecule has 2 nitrogen and oxygen atoms in total. The average molecular weight is 240 g/mol. The minimum Gasteiger partial charge on any atom is -0.427 e. The first kappa shape index (κ1) is 15.0. The standard InChI is InChI=1S/C7H15BO2.C7H14/c1-2-6-4-3-5-7(6)8(9)10;1-2-7-5-3-4-6-7/h6-7,9-10H,2-5H2,1H3;7H,2-6H2,1H3. The third kappa shape index (κ3) is 5.01. The van der Waals surface area contributed by atoms with Crippen LogP contribution in [0.5, 0.6) is 0 Å². The SMILES string of the molecule is CCC1CCCC1.CCC1CCCC1B(O)O. The van der Waals surface area contributed by atoms with Crippen molar-refractivity contribution in [2.75, 3.05) is 0 Å². The number of hydrogen-bond acceptors (Lipinski definition) is 2. The van der Waals surface area contributed by atoms with Gasteiger partial charge in [0.05, 0.1) is 0 Å². The molecule has 2 N–H and O–H groups in total. The Bertz CT molecular complexity index is 191. The topological polar surface area (TPSA) is 40.5 Å². The predicted molar refractivity (Wildman–Crippen MR) is 73.8 cm³/mol. The molecule has 0 bridgehead atoms. The first-order valence-corrected chi connectivity index (χ1v) is 7.55. The van der Waals surface area contributed by atoms with E-state index in [4.69, 9.17) is 10.0 Å². The summed E-state index contributed by atoms with van der Waals surface area (Å²) < 4.78 is 0. The summed E-state index contributed by atoms with van der Waals surface area (Å²) in [6.07, 6.45) is 11.9. The minimum absolute atomic E-state index is 0.157. The van der Waals surface area contributed by atoms with Crippen molar-refractivity contribution in [1.29, 1.82) is 0 Å². The molecule has 0 saturated heterocycles. The lowest BCUT2D eigenvalue weighted by Crippen LogP contribution is -2.22. The second-order valence-corrected chi connectivity index (χ2v) is 5.74. The third-order valence-electron chi connectivity index (χ3n) is 4.68. The molecule has 0 aromatic heterocycles. The highest BCUT2D eigenvalue weighted by Crippen LogP contribution is 2.39. The summed E-state index contributed by atoms with van der Waals surface area (Å²) in [7, 11) is -1.08. The maximum absolute atomic E-state index is 8.91. The van der Waals surface area contributed by atoms with Crippen molar-refractivity contribution in [1.82, 2.24) is 0 Å². The zero-order valence-electron chi connectivity index (χ0n) is 11.6. The molecular formula is C14H29BO2. The van der Waals surface area contributed by atoms with E-state index < -0.39 is 7.12 Å². The van der Waals surface area contributed by atoms with E-state index >= 15 is 0 Å². The lowest BCUT2D eigenvalue weighted by Gasteiger charge is -2.15. The molecule has 2 unspecified atom stereocenters. The van der Waals surface area contributed by atoms with Gasteiger partial charge in [0, 0.05) is 0 Å². The summed E-state index contributed by atoms with van der Waals surface area (Å²) >= 11 is 0. The van der Waals surface area contributed by atoms with Gasteiger partial charge in [0.15, 0.2) is 0 Å². The van der Waals surface area contributed by atoms with Crippen molar-refractivity contribution in [3.05, 3.63) is 0 Å². The van der Waals surface area contributed by atoms with E-state index in [-0.39, 0.29) is 5.82 Å². The molecule has 0 radical (unpaired) electrons. The van der Waals surface area contributed by atoms with Gasteiger partial charge in [0.25, 0.3) is 0 Å². The molecule has 0 aromatic rings. The highest BCUT2D eigenvalue weighted by Gasteiger charge is 2.34. The van der Waals surface area contributed by atoms with Crippen molar-refractivity contribution in [2.24, 2.45) is 11.8 Å². The zero-order chi connectivity index (χ0) is 12.7. The number of rotatable bonds is 3. The van der Waals surface area contributed by atoms with Gasteiger partial charge in [-0.25, -0.2) is 0 Å². The molecule has 2 fully saturated rings. The highest BCUT2D eigenvalue weighted by molar-refractivity contribution is 6.43. The Morgan fingerprint density at radius 1 is 0.882 bits per heavy atom. The summed E-state index contributed by atoms with van der Waals surface area (Å²) in [4.78, 5) is 0. The summed E-state index contributed by atoms with van der Waals surface area (Å²) in [6, 6.07) is 0. The first-order chi connectivity index (χ1) is 8.19. The van der Waals surface area contributed by atoms with Gasteiger partial charge >= 0.3 is 7.12 Å². The van der Waals surface area contributed by atoms with E-state index in [1.807, 2.05) is 0 Å². The van der Waals surface area contributed by atoms with Crippen LogP contribution in [0, 0.1) is 11.8 Å². The Morgan fingerprint density at radius 3 is 1.88 bits per heavy atom. The Kier molecular flexibility index (Phi) is 7.21. The highest BCUT2D eigenvalue weighted by atomic mass is 16.4. The fraction of sp³-hybridized carbons (Fsp3) is 1.00. The lowest BCUT2D eigenvalue weighted by molar-refractivity contribution is 0.357. The van der Waals surface area contributed by atoms with Gasteiger partial charge in [0.2, 0.25) is 0 Å². The van der Waals surface area contributed by atoms with Gasteiger partial charge in [-0.3, -0.25) is 0 Å². The lowest BCUT2D eigenvalue weighted by atomic mass is 9.66. The van der Waals surface area contributed by atoms with Crippen LogP contribution in [-0.4, -0.2) is 17.2 Å². The average Bonchev–Trinajstić information content (AvgIpc) is 3.00. The van der Waals surface area contributed by atoms with E-state index in [0.29, 0.717) is 5.92 Å². The van der Waals surface area contributed by atoms with Crippen molar-refractivity contribution >= 4 is 7.12 Å². The maximum Gasteiger partial charge on any atom is 0.455 e. The molecule has 2 saturated carbocycles. The Hall–Kier alpha value is -0.0151. The minimum atomic E-state index is -1.08. The van der Waals surface area contributed by atoms with E-state index in [1.54, 1.807) is 0 Å².